The second-order valence-electron chi connectivity index (χ2n) is 6.72. The smallest absolute Gasteiger partial charge is 0.481 e. The summed E-state index contributed by atoms with van der Waals surface area (Å²) < 4.78 is 48.9. The summed E-state index contributed by atoms with van der Waals surface area (Å²) in [5.41, 5.74) is 1.14. The van der Waals surface area contributed by atoms with Gasteiger partial charge >= 0.3 is 12.1 Å². The molecule has 0 aromatic carbocycles. The number of likely N-dealkylation sites (tertiary alicyclic amines) is 1. The molecule has 2 saturated heterocycles. The molecule has 2 fully saturated rings. The number of halogens is 3. The number of pyridine rings is 1. The first-order chi connectivity index (χ1) is 13.2. The molecule has 10 heteroatoms. The van der Waals surface area contributed by atoms with Crippen molar-refractivity contribution in [3.63, 3.8) is 0 Å². The van der Waals surface area contributed by atoms with Crippen molar-refractivity contribution in [2.24, 2.45) is 0 Å². The minimum atomic E-state index is -5.08. The molecule has 1 aromatic heterocycles. The molecule has 1 unspecified atom stereocenters. The van der Waals surface area contributed by atoms with Gasteiger partial charge in [-0.2, -0.15) is 13.2 Å². The van der Waals surface area contributed by atoms with E-state index < -0.39 is 12.1 Å². The van der Waals surface area contributed by atoms with E-state index in [1.54, 1.807) is 13.3 Å². The van der Waals surface area contributed by atoms with Crippen LogP contribution in [0.5, 0.6) is 5.88 Å². The summed E-state index contributed by atoms with van der Waals surface area (Å²) in [5.74, 6) is -2.04. The zero-order valence-electron chi connectivity index (χ0n) is 15.9. The molecule has 0 bridgehead atoms. The van der Waals surface area contributed by atoms with Gasteiger partial charge in [0.05, 0.1) is 18.8 Å². The fourth-order valence-electron chi connectivity index (χ4n) is 3.43. The molecule has 7 nitrogen and oxygen atoms in total. The number of carboxylic acid groups (broad SMARTS) is 1. The Morgan fingerprint density at radius 2 is 2.14 bits per heavy atom. The Bertz CT molecular complexity index is 648. The molecule has 1 atom stereocenters. The predicted molar refractivity (Wildman–Crippen MR) is 93.1 cm³/mol. The van der Waals surface area contributed by atoms with Crippen LogP contribution in [0, 0.1) is 0 Å². The van der Waals surface area contributed by atoms with Gasteiger partial charge in [0.2, 0.25) is 5.88 Å². The maximum Gasteiger partial charge on any atom is 0.490 e. The summed E-state index contributed by atoms with van der Waals surface area (Å²) in [7, 11) is 1.67. The third-order valence-corrected chi connectivity index (χ3v) is 4.55. The van der Waals surface area contributed by atoms with E-state index in [2.05, 4.69) is 22.9 Å². The van der Waals surface area contributed by atoms with E-state index in [4.69, 9.17) is 24.1 Å². The normalized spacial score (nSPS) is 21.4. The van der Waals surface area contributed by atoms with E-state index in [1.165, 1.54) is 0 Å². The monoisotopic (exact) mass is 406 g/mol. The number of methoxy groups -OCH3 is 1. The highest BCUT2D eigenvalue weighted by Gasteiger charge is 2.47. The van der Waals surface area contributed by atoms with Crippen LogP contribution in [0.15, 0.2) is 18.3 Å². The van der Waals surface area contributed by atoms with Crippen molar-refractivity contribution in [3.05, 3.63) is 23.9 Å². The SMILES string of the molecule is CCOC1CCOC2(C1)CN(Cc1cccnc1OC)C2.O=C(O)C(F)(F)F. The Hall–Kier alpha value is -1.91. The lowest BCUT2D eigenvalue weighted by Crippen LogP contribution is -2.65. The van der Waals surface area contributed by atoms with Gasteiger partial charge in [-0.3, -0.25) is 4.90 Å². The topological polar surface area (TPSA) is 81.1 Å². The first kappa shape index (κ1) is 22.4. The number of nitrogens with zero attached hydrogens (tertiary/aromatic N) is 2. The van der Waals surface area contributed by atoms with Crippen molar-refractivity contribution < 1.29 is 37.3 Å². The average Bonchev–Trinajstić information content (AvgIpc) is 2.61. The van der Waals surface area contributed by atoms with E-state index >= 15 is 0 Å². The summed E-state index contributed by atoms with van der Waals surface area (Å²) in [6.07, 6.45) is -0.927. The van der Waals surface area contributed by atoms with Gasteiger partial charge in [-0.15, -0.1) is 0 Å². The van der Waals surface area contributed by atoms with Crippen LogP contribution in [0.25, 0.3) is 0 Å². The number of ether oxygens (including phenoxy) is 3. The van der Waals surface area contributed by atoms with Gasteiger partial charge < -0.3 is 19.3 Å². The molecule has 2 aliphatic rings. The maximum atomic E-state index is 10.6. The number of aromatic nitrogens is 1. The Morgan fingerprint density at radius 3 is 2.71 bits per heavy atom. The first-order valence-electron chi connectivity index (χ1n) is 8.95. The van der Waals surface area contributed by atoms with Crippen LogP contribution in [0.2, 0.25) is 0 Å². The molecular weight excluding hydrogens is 381 g/mol. The van der Waals surface area contributed by atoms with Gasteiger partial charge in [-0.1, -0.05) is 6.07 Å². The minimum absolute atomic E-state index is 0.00747. The van der Waals surface area contributed by atoms with Crippen LogP contribution in [-0.2, 0) is 20.8 Å². The number of carboxylic acids is 1. The standard InChI is InChI=1S/C16H24N2O3.C2HF3O2/c1-3-20-14-6-8-21-16(9-14)11-18(12-16)10-13-5-4-7-17-15(13)19-2;3-2(4,5)1(6)7/h4-5,7,14H,3,6,8-12H2,1-2H3;(H,6,7). The third-order valence-electron chi connectivity index (χ3n) is 4.55. The quantitative estimate of drug-likeness (QED) is 0.805. The molecule has 0 aliphatic carbocycles. The maximum absolute atomic E-state index is 10.6. The number of alkyl halides is 3. The van der Waals surface area contributed by atoms with Gasteiger partial charge in [0, 0.05) is 51.0 Å². The number of carbonyl (C=O) groups is 1. The van der Waals surface area contributed by atoms with E-state index in [0.29, 0.717) is 6.10 Å². The van der Waals surface area contributed by atoms with Crippen molar-refractivity contribution in [1.29, 1.82) is 0 Å². The molecule has 0 amide bonds. The summed E-state index contributed by atoms with van der Waals surface area (Å²) in [4.78, 5) is 15.5. The lowest BCUT2D eigenvalue weighted by Gasteiger charge is -2.53. The number of aliphatic carboxylic acids is 1. The Kier molecular flexibility index (Phi) is 7.62. The zero-order valence-corrected chi connectivity index (χ0v) is 15.9. The summed E-state index contributed by atoms with van der Waals surface area (Å²) in [6, 6.07) is 4.02. The number of rotatable bonds is 5. The fourth-order valence-corrected chi connectivity index (χ4v) is 3.43. The molecular formula is C18H25F3N2O5. The van der Waals surface area contributed by atoms with E-state index in [0.717, 1.165) is 57.1 Å². The van der Waals surface area contributed by atoms with Gasteiger partial charge in [0.25, 0.3) is 0 Å². The van der Waals surface area contributed by atoms with Gasteiger partial charge in [-0.25, -0.2) is 9.78 Å². The van der Waals surface area contributed by atoms with Crippen molar-refractivity contribution in [1.82, 2.24) is 9.88 Å². The third kappa shape index (κ3) is 6.05. The Morgan fingerprint density at radius 1 is 1.46 bits per heavy atom. The molecule has 3 heterocycles. The summed E-state index contributed by atoms with van der Waals surface area (Å²) in [6.45, 7) is 6.46. The van der Waals surface area contributed by atoms with Crippen molar-refractivity contribution in [2.45, 2.75) is 44.2 Å². The molecule has 1 N–H and O–H groups in total. The first-order valence-corrected chi connectivity index (χ1v) is 8.95. The van der Waals surface area contributed by atoms with E-state index in [1.807, 2.05) is 6.07 Å². The summed E-state index contributed by atoms with van der Waals surface area (Å²) >= 11 is 0. The highest BCUT2D eigenvalue weighted by molar-refractivity contribution is 5.73. The predicted octanol–water partition coefficient (Wildman–Crippen LogP) is 2.49. The van der Waals surface area contributed by atoms with Gasteiger partial charge in [-0.05, 0) is 19.4 Å². The van der Waals surface area contributed by atoms with Crippen molar-refractivity contribution in [2.75, 3.05) is 33.4 Å². The van der Waals surface area contributed by atoms with Crippen molar-refractivity contribution >= 4 is 5.97 Å². The highest BCUT2D eigenvalue weighted by Crippen LogP contribution is 2.36. The molecule has 2 aliphatic heterocycles. The van der Waals surface area contributed by atoms with Gasteiger partial charge in [0.15, 0.2) is 0 Å². The van der Waals surface area contributed by atoms with E-state index in [9.17, 15) is 13.2 Å². The number of hydrogen-bond acceptors (Lipinski definition) is 6. The van der Waals surface area contributed by atoms with E-state index in [-0.39, 0.29) is 5.60 Å². The Labute approximate surface area is 161 Å². The van der Waals surface area contributed by atoms with Gasteiger partial charge in [0.1, 0.15) is 0 Å². The molecule has 28 heavy (non-hydrogen) atoms. The molecule has 3 rings (SSSR count). The largest absolute Gasteiger partial charge is 0.490 e. The lowest BCUT2D eigenvalue weighted by atomic mass is 9.84. The van der Waals surface area contributed by atoms with Crippen LogP contribution in [0.4, 0.5) is 13.2 Å². The van der Waals surface area contributed by atoms with Crippen LogP contribution >= 0.6 is 0 Å². The summed E-state index contributed by atoms with van der Waals surface area (Å²) in [5, 5.41) is 7.12. The molecule has 1 spiro atoms. The van der Waals surface area contributed by atoms with Crippen molar-refractivity contribution in [3.8, 4) is 5.88 Å². The minimum Gasteiger partial charge on any atom is -0.481 e. The molecule has 0 saturated carbocycles. The highest BCUT2D eigenvalue weighted by atomic mass is 19.4. The zero-order chi connectivity index (χ0) is 20.8. The fraction of sp³-hybridized carbons (Fsp3) is 0.667. The molecule has 0 radical (unpaired) electrons. The second-order valence-corrected chi connectivity index (χ2v) is 6.72. The van der Waals surface area contributed by atoms with Crippen LogP contribution in [-0.4, -0.2) is 72.3 Å². The average molecular weight is 406 g/mol. The van der Waals surface area contributed by atoms with Crippen LogP contribution in [0.1, 0.15) is 25.3 Å². The second kappa shape index (κ2) is 9.53. The number of hydrogen-bond donors (Lipinski definition) is 1. The Balaban J connectivity index is 0.000000345. The van der Waals surface area contributed by atoms with Crippen LogP contribution in [0.3, 0.4) is 0 Å². The molecule has 158 valence electrons. The molecule has 1 aromatic rings. The lowest BCUT2D eigenvalue weighted by molar-refractivity contribution is -0.198. The van der Waals surface area contributed by atoms with Crippen LogP contribution < -0.4 is 4.74 Å².